The van der Waals surface area contributed by atoms with E-state index in [0.717, 1.165) is 25.7 Å². The van der Waals surface area contributed by atoms with Crippen LogP contribution in [0.5, 0.6) is 11.5 Å². The second-order valence-corrected chi connectivity index (χ2v) is 4.84. The first-order chi connectivity index (χ1) is 9.49. The van der Waals surface area contributed by atoms with E-state index in [0.29, 0.717) is 19.0 Å². The van der Waals surface area contributed by atoms with Crippen molar-refractivity contribution in [3.05, 3.63) is 18.2 Å². The minimum absolute atomic E-state index is 0. The van der Waals surface area contributed by atoms with Crippen molar-refractivity contribution in [1.29, 1.82) is 0 Å². The van der Waals surface area contributed by atoms with Crippen LogP contribution in [0, 0.1) is 0 Å². The van der Waals surface area contributed by atoms with Gasteiger partial charge in [0, 0.05) is 0 Å². The molecule has 7 heteroatoms. The molecule has 21 heavy (non-hydrogen) atoms. The number of rotatable bonds is 9. The van der Waals surface area contributed by atoms with E-state index >= 15 is 0 Å². The van der Waals surface area contributed by atoms with E-state index in [9.17, 15) is 15.1 Å². The van der Waals surface area contributed by atoms with Gasteiger partial charge in [-0.2, -0.15) is 0 Å². The van der Waals surface area contributed by atoms with Crippen LogP contribution in [0.1, 0.15) is 39.5 Å². The van der Waals surface area contributed by atoms with Crippen molar-refractivity contribution in [1.82, 2.24) is 0 Å². The molecule has 0 fully saturated rings. The monoisotopic (exact) mass is 306 g/mol. The molecule has 0 aliphatic carbocycles. The van der Waals surface area contributed by atoms with Gasteiger partial charge in [0.25, 0.3) is 0 Å². The van der Waals surface area contributed by atoms with Gasteiger partial charge in [0.05, 0.1) is 19.0 Å². The van der Waals surface area contributed by atoms with Gasteiger partial charge >= 0.3 is 36.3 Å². The van der Waals surface area contributed by atoms with Crippen LogP contribution in [0.3, 0.4) is 0 Å². The Morgan fingerprint density at radius 3 is 2.05 bits per heavy atom. The Morgan fingerprint density at radius 2 is 1.52 bits per heavy atom. The van der Waals surface area contributed by atoms with Crippen molar-refractivity contribution >= 4 is 12.2 Å². The van der Waals surface area contributed by atoms with Crippen LogP contribution >= 0.6 is 0 Å². The van der Waals surface area contributed by atoms with Crippen molar-refractivity contribution in [2.24, 2.45) is 0 Å². The summed E-state index contributed by atoms with van der Waals surface area (Å²) in [7, 11) is 0. The Hall–Kier alpha value is -0.235. The normalized spacial score (nSPS) is 10.9. The number of hydrogen-bond donors (Lipinski definition) is 3. The van der Waals surface area contributed by atoms with Crippen LogP contribution < -0.4 is 44.5 Å². The molecule has 0 spiro atoms. The zero-order valence-electron chi connectivity index (χ0n) is 13.2. The molecule has 0 aliphatic rings. The average molecular weight is 306 g/mol. The first kappa shape index (κ1) is 20.8. The van der Waals surface area contributed by atoms with Gasteiger partial charge < -0.3 is 24.5 Å². The molecule has 0 saturated heterocycles. The van der Waals surface area contributed by atoms with Crippen molar-refractivity contribution in [2.45, 2.75) is 39.5 Å². The topological polar surface area (TPSA) is 79.2 Å². The summed E-state index contributed by atoms with van der Waals surface area (Å²) < 4.78 is 10.9. The fourth-order valence-corrected chi connectivity index (χ4v) is 1.71. The molecule has 0 bridgehead atoms. The maximum Gasteiger partial charge on any atom is 1.00 e. The number of hydrogen-bond acceptors (Lipinski definition) is 5. The second-order valence-electron chi connectivity index (χ2n) is 4.84. The van der Waals surface area contributed by atoms with Crippen LogP contribution in [0.15, 0.2) is 18.2 Å². The molecule has 1 aromatic carbocycles. The maximum absolute atomic E-state index is 9.46. The van der Waals surface area contributed by atoms with E-state index in [-0.39, 0.29) is 40.8 Å². The summed E-state index contributed by atoms with van der Waals surface area (Å²) in [5, 5.41) is 28.4. The van der Waals surface area contributed by atoms with E-state index < -0.39 is 6.75 Å². The molecule has 0 unspecified atom stereocenters. The van der Waals surface area contributed by atoms with Gasteiger partial charge in [0.2, 0.25) is 0 Å². The largest absolute Gasteiger partial charge is 1.00 e. The number of unbranched alkanes of at least 4 members (excludes halogenated alkanes) is 2. The van der Waals surface area contributed by atoms with Crippen molar-refractivity contribution < 1.29 is 54.1 Å². The van der Waals surface area contributed by atoms with Crippen LogP contribution in [-0.4, -0.2) is 35.0 Å². The molecule has 1 aromatic rings. The molecular weight excluding hydrogens is 282 g/mol. The van der Waals surface area contributed by atoms with E-state index in [1.807, 2.05) is 6.92 Å². The van der Waals surface area contributed by atoms with Crippen molar-refractivity contribution in [3.8, 4) is 11.5 Å². The number of benzene rings is 1. The summed E-state index contributed by atoms with van der Waals surface area (Å²) in [5.41, 5.74) is -0.0462. The Balaban J connectivity index is 0.00000400. The van der Waals surface area contributed by atoms with E-state index in [2.05, 4.69) is 6.92 Å². The standard InChI is InChI=1S/C14H24BO5.Na/c1-3-5-9-19-12-7-8-14(20-10-6-4-2)13(11-12)15(16,17)18;/h7-8,11,16-18H,3-6,9-10H2,1-2H3;/q-1;+1. The summed E-state index contributed by atoms with van der Waals surface area (Å²) in [4.78, 5) is 0. The Labute approximate surface area is 148 Å². The average Bonchev–Trinajstić information content (AvgIpc) is 2.39. The van der Waals surface area contributed by atoms with Gasteiger partial charge in [0.15, 0.2) is 0 Å². The minimum atomic E-state index is -3.61. The Bertz CT molecular complexity index is 409. The fourth-order valence-electron chi connectivity index (χ4n) is 1.71. The molecule has 0 saturated carbocycles. The van der Waals surface area contributed by atoms with Crippen LogP contribution in [-0.2, 0) is 0 Å². The second kappa shape index (κ2) is 10.5. The van der Waals surface area contributed by atoms with Crippen LogP contribution in [0.2, 0.25) is 0 Å². The molecule has 0 atom stereocenters. The molecule has 5 nitrogen and oxygen atoms in total. The van der Waals surface area contributed by atoms with Gasteiger partial charge in [0.1, 0.15) is 5.75 Å². The van der Waals surface area contributed by atoms with Crippen molar-refractivity contribution in [2.75, 3.05) is 13.2 Å². The minimum Gasteiger partial charge on any atom is -0.556 e. The SMILES string of the molecule is CCCCOc1ccc(OCCCC)c([B-](O)(O)O)c1.[Na+]. The summed E-state index contributed by atoms with van der Waals surface area (Å²) in [6.45, 7) is 1.50. The first-order valence-corrected chi connectivity index (χ1v) is 7.20. The third kappa shape index (κ3) is 7.54. The maximum atomic E-state index is 9.46. The van der Waals surface area contributed by atoms with Gasteiger partial charge in [-0.15, -0.1) is 0 Å². The molecule has 0 aromatic heterocycles. The fraction of sp³-hybridized carbons (Fsp3) is 0.571. The zero-order valence-corrected chi connectivity index (χ0v) is 15.2. The zero-order chi connectivity index (χ0) is 15.0. The molecule has 0 amide bonds. The predicted molar refractivity (Wildman–Crippen MR) is 79.3 cm³/mol. The van der Waals surface area contributed by atoms with Gasteiger partial charge in [-0.3, -0.25) is 0 Å². The summed E-state index contributed by atoms with van der Waals surface area (Å²) >= 11 is 0. The molecule has 114 valence electrons. The predicted octanol–water partition coefficient (Wildman–Crippen LogP) is -1.83. The quantitative estimate of drug-likeness (QED) is 0.369. The van der Waals surface area contributed by atoms with E-state index in [1.54, 1.807) is 12.1 Å². The van der Waals surface area contributed by atoms with Gasteiger partial charge in [-0.1, -0.05) is 32.2 Å². The Morgan fingerprint density at radius 1 is 0.952 bits per heavy atom. The summed E-state index contributed by atoms with van der Waals surface area (Å²) in [6, 6.07) is 4.70. The smallest absolute Gasteiger partial charge is 0.556 e. The summed E-state index contributed by atoms with van der Waals surface area (Å²) in [6.07, 6.45) is 3.76. The third-order valence-electron chi connectivity index (χ3n) is 2.92. The first-order valence-electron chi connectivity index (χ1n) is 7.20. The summed E-state index contributed by atoms with van der Waals surface area (Å²) in [5.74, 6) is 0.758. The molecule has 0 radical (unpaired) electrons. The Kier molecular flexibility index (Phi) is 10.4. The van der Waals surface area contributed by atoms with Crippen molar-refractivity contribution in [3.63, 3.8) is 0 Å². The van der Waals surface area contributed by atoms with Gasteiger partial charge in [-0.05, 0) is 31.0 Å². The molecule has 1 rings (SSSR count). The molecule has 3 N–H and O–H groups in total. The van der Waals surface area contributed by atoms with Crippen LogP contribution in [0.4, 0.5) is 0 Å². The van der Waals surface area contributed by atoms with Gasteiger partial charge in [-0.25, -0.2) is 0 Å². The molecular formula is C14H24BNaO5. The van der Waals surface area contributed by atoms with E-state index in [1.165, 1.54) is 6.07 Å². The molecule has 0 heterocycles. The molecule has 0 aliphatic heterocycles. The van der Waals surface area contributed by atoms with Crippen LogP contribution in [0.25, 0.3) is 0 Å². The van der Waals surface area contributed by atoms with E-state index in [4.69, 9.17) is 9.47 Å². The number of ether oxygens (including phenoxy) is 2. The third-order valence-corrected chi connectivity index (χ3v) is 2.92.